The van der Waals surface area contributed by atoms with Crippen LogP contribution in [0, 0.1) is 0 Å². The van der Waals surface area contributed by atoms with Crippen LogP contribution in [0.2, 0.25) is 0 Å². The van der Waals surface area contributed by atoms with Crippen LogP contribution in [-0.2, 0) is 21.5 Å². The lowest BCUT2D eigenvalue weighted by atomic mass is 9.73. The largest absolute Gasteiger partial charge is 0.469 e. The lowest BCUT2D eigenvalue weighted by molar-refractivity contribution is -0.130. The summed E-state index contributed by atoms with van der Waals surface area (Å²) < 4.78 is 11.1. The van der Waals surface area contributed by atoms with E-state index in [1.165, 1.54) is 0 Å². The van der Waals surface area contributed by atoms with E-state index >= 15 is 0 Å². The summed E-state index contributed by atoms with van der Waals surface area (Å²) in [6.07, 6.45) is 9.13. The Bertz CT molecular complexity index is 613. The number of nitrogens with zero attached hydrogens (tertiary/aromatic N) is 1. The molecule has 0 N–H and O–H groups in total. The topological polar surface area (TPSA) is 42.7 Å². The Kier molecular flexibility index (Phi) is 2.10. The van der Waals surface area contributed by atoms with Crippen LogP contribution in [0.5, 0.6) is 0 Å². The number of carbonyl (C=O) groups excluding carboxylic acids is 1. The fourth-order valence-corrected chi connectivity index (χ4v) is 3.65. The van der Waals surface area contributed by atoms with Gasteiger partial charge in [-0.1, -0.05) is 12.2 Å². The Morgan fingerprint density at radius 2 is 2.42 bits per heavy atom. The molecular weight excluding hydrogens is 242 g/mol. The van der Waals surface area contributed by atoms with Gasteiger partial charge in [-0.15, -0.1) is 0 Å². The molecule has 1 spiro atoms. The molecule has 1 aromatic rings. The summed E-state index contributed by atoms with van der Waals surface area (Å²) in [5.74, 6) is 1.10. The highest BCUT2D eigenvalue weighted by atomic mass is 16.5. The summed E-state index contributed by atoms with van der Waals surface area (Å²) in [5, 5.41) is 0. The van der Waals surface area contributed by atoms with Crippen LogP contribution in [0.1, 0.15) is 17.7 Å². The van der Waals surface area contributed by atoms with Crippen molar-refractivity contribution in [2.75, 3.05) is 13.7 Å². The summed E-state index contributed by atoms with van der Waals surface area (Å²) in [7, 11) is 1.71. The second kappa shape index (κ2) is 3.61. The highest BCUT2D eigenvalue weighted by molar-refractivity contribution is 5.94. The number of ether oxygens (including phenoxy) is 1. The predicted molar refractivity (Wildman–Crippen MR) is 68.4 cm³/mol. The van der Waals surface area contributed by atoms with Crippen LogP contribution in [0.25, 0.3) is 0 Å². The van der Waals surface area contributed by atoms with Gasteiger partial charge in [-0.3, -0.25) is 4.79 Å². The van der Waals surface area contributed by atoms with Crippen molar-refractivity contribution in [1.29, 1.82) is 0 Å². The van der Waals surface area contributed by atoms with Crippen molar-refractivity contribution in [3.63, 3.8) is 0 Å². The van der Waals surface area contributed by atoms with Crippen molar-refractivity contribution in [3.8, 4) is 0 Å². The first-order valence-electron chi connectivity index (χ1n) is 6.57. The molecule has 1 aromatic heterocycles. The number of methoxy groups -OCH3 is 1. The maximum atomic E-state index is 12.2. The normalized spacial score (nSPS) is 31.8. The molecule has 98 valence electrons. The van der Waals surface area contributed by atoms with E-state index in [1.807, 2.05) is 23.1 Å². The van der Waals surface area contributed by atoms with Crippen molar-refractivity contribution >= 4 is 5.91 Å². The van der Waals surface area contributed by atoms with Gasteiger partial charge in [0, 0.05) is 38.1 Å². The molecule has 0 saturated heterocycles. The Morgan fingerprint density at radius 1 is 1.53 bits per heavy atom. The van der Waals surface area contributed by atoms with Gasteiger partial charge >= 0.3 is 0 Å². The van der Waals surface area contributed by atoms with Crippen LogP contribution in [0.3, 0.4) is 0 Å². The van der Waals surface area contributed by atoms with E-state index in [9.17, 15) is 4.79 Å². The number of rotatable bonds is 1. The molecule has 4 heteroatoms. The first-order valence-corrected chi connectivity index (χ1v) is 6.57. The lowest BCUT2D eigenvalue weighted by Crippen LogP contribution is -2.52. The molecule has 3 aliphatic rings. The summed E-state index contributed by atoms with van der Waals surface area (Å²) >= 11 is 0. The van der Waals surface area contributed by atoms with Gasteiger partial charge in [0.15, 0.2) is 0 Å². The molecular formula is C15H15NO3. The van der Waals surface area contributed by atoms with Gasteiger partial charge in [0.1, 0.15) is 5.76 Å². The molecule has 0 bridgehead atoms. The zero-order valence-corrected chi connectivity index (χ0v) is 10.8. The van der Waals surface area contributed by atoms with Crippen LogP contribution < -0.4 is 0 Å². The number of hydrogen-bond donors (Lipinski definition) is 0. The monoisotopic (exact) mass is 257 g/mol. The van der Waals surface area contributed by atoms with Crippen molar-refractivity contribution in [2.45, 2.75) is 24.5 Å². The first-order chi connectivity index (χ1) is 9.25. The highest BCUT2D eigenvalue weighted by Crippen LogP contribution is 2.51. The first kappa shape index (κ1) is 11.1. The van der Waals surface area contributed by atoms with Gasteiger partial charge in [0.25, 0.3) is 0 Å². The third-order valence-corrected chi connectivity index (χ3v) is 4.53. The fraction of sp³-hybridized carbons (Fsp3) is 0.400. The minimum Gasteiger partial charge on any atom is -0.469 e. The number of hydrogen-bond acceptors (Lipinski definition) is 3. The van der Waals surface area contributed by atoms with E-state index in [2.05, 4.69) is 0 Å². The van der Waals surface area contributed by atoms with E-state index in [0.717, 1.165) is 29.7 Å². The van der Waals surface area contributed by atoms with Crippen LogP contribution in [0.4, 0.5) is 0 Å². The number of amides is 1. The maximum absolute atomic E-state index is 12.2. The third-order valence-electron chi connectivity index (χ3n) is 4.53. The molecule has 4 nitrogen and oxygen atoms in total. The molecule has 2 aliphatic heterocycles. The molecule has 1 amide bonds. The minimum atomic E-state index is -0.368. The lowest BCUT2D eigenvalue weighted by Gasteiger charge is -2.46. The molecule has 0 unspecified atom stereocenters. The van der Waals surface area contributed by atoms with Crippen LogP contribution >= 0.6 is 0 Å². The zero-order chi connectivity index (χ0) is 13.0. The quantitative estimate of drug-likeness (QED) is 0.770. The molecule has 0 fully saturated rings. The zero-order valence-electron chi connectivity index (χ0n) is 10.8. The smallest absolute Gasteiger partial charge is 0.247 e. The summed E-state index contributed by atoms with van der Waals surface area (Å²) in [6, 6.07) is 2.00. The Morgan fingerprint density at radius 3 is 3.26 bits per heavy atom. The van der Waals surface area contributed by atoms with E-state index in [1.54, 1.807) is 19.4 Å². The third kappa shape index (κ3) is 1.24. The molecule has 0 saturated carbocycles. The summed E-state index contributed by atoms with van der Waals surface area (Å²) in [5.41, 5.74) is 1.82. The second-order valence-electron chi connectivity index (χ2n) is 5.29. The van der Waals surface area contributed by atoms with Gasteiger partial charge < -0.3 is 14.1 Å². The molecule has 1 aliphatic carbocycles. The van der Waals surface area contributed by atoms with Crippen molar-refractivity contribution in [1.82, 2.24) is 4.90 Å². The molecule has 0 aromatic carbocycles. The highest BCUT2D eigenvalue weighted by Gasteiger charge is 2.53. The standard InChI is InChI=1S/C15H15NO3/c1-18-11-3-2-10-8-14(17)16-6-4-13-12(5-7-19-13)15(10,16)9-11/h2-3,5,7-8,11H,4,6,9H2,1H3/t11-,15-/m0/s1. The number of furan rings is 1. The molecule has 2 atom stereocenters. The van der Waals surface area contributed by atoms with E-state index in [0.29, 0.717) is 6.54 Å². The van der Waals surface area contributed by atoms with Crippen LogP contribution in [0.15, 0.2) is 40.5 Å². The average Bonchev–Trinajstić information content (AvgIpc) is 2.99. The van der Waals surface area contributed by atoms with Gasteiger partial charge in [-0.25, -0.2) is 0 Å². The Balaban J connectivity index is 1.94. The number of carbonyl (C=O) groups is 1. The maximum Gasteiger partial charge on any atom is 0.247 e. The van der Waals surface area contributed by atoms with Crippen molar-refractivity contribution in [2.24, 2.45) is 0 Å². The number of fused-ring (bicyclic) bond motifs is 1. The van der Waals surface area contributed by atoms with Crippen molar-refractivity contribution < 1.29 is 13.9 Å². The molecule has 4 rings (SSSR count). The summed E-state index contributed by atoms with van der Waals surface area (Å²) in [6.45, 7) is 0.712. The Hall–Kier alpha value is -1.81. The average molecular weight is 257 g/mol. The molecule has 3 heterocycles. The SMILES string of the molecule is CO[C@H]1C=CC2=CC(=O)N3CCc4occc4[C@]23C1. The fourth-order valence-electron chi connectivity index (χ4n) is 3.65. The van der Waals surface area contributed by atoms with Gasteiger partial charge in [0.2, 0.25) is 5.91 Å². The minimum absolute atomic E-state index is 0.0337. The Labute approximate surface area is 111 Å². The summed E-state index contributed by atoms with van der Waals surface area (Å²) in [4.78, 5) is 14.2. The molecule has 19 heavy (non-hydrogen) atoms. The molecule has 0 radical (unpaired) electrons. The second-order valence-corrected chi connectivity index (χ2v) is 5.29. The van der Waals surface area contributed by atoms with Crippen LogP contribution in [-0.4, -0.2) is 30.6 Å². The predicted octanol–water partition coefficient (Wildman–Crippen LogP) is 1.77. The van der Waals surface area contributed by atoms with Gasteiger partial charge in [-0.05, 0) is 11.6 Å². The van der Waals surface area contributed by atoms with Gasteiger partial charge in [-0.2, -0.15) is 0 Å². The van der Waals surface area contributed by atoms with E-state index < -0.39 is 0 Å². The van der Waals surface area contributed by atoms with E-state index in [-0.39, 0.29) is 17.6 Å². The van der Waals surface area contributed by atoms with Crippen molar-refractivity contribution in [3.05, 3.63) is 47.5 Å². The van der Waals surface area contributed by atoms with Gasteiger partial charge in [0.05, 0.1) is 17.9 Å². The van der Waals surface area contributed by atoms with E-state index in [4.69, 9.17) is 9.15 Å².